The molecule has 0 aliphatic rings. The number of pyridine rings is 1. The Morgan fingerprint density at radius 1 is 1.45 bits per heavy atom. The summed E-state index contributed by atoms with van der Waals surface area (Å²) in [5, 5.41) is 0. The van der Waals surface area contributed by atoms with Crippen LogP contribution in [-0.2, 0) is 16.0 Å². The lowest BCUT2D eigenvalue weighted by Gasteiger charge is -2.15. The van der Waals surface area contributed by atoms with Crippen LogP contribution in [0.25, 0.3) is 0 Å². The average Bonchev–Trinajstić information content (AvgIpc) is 2.30. The molecule has 0 N–H and O–H groups in total. The van der Waals surface area contributed by atoms with Crippen LogP contribution in [0.1, 0.15) is 17.6 Å². The highest BCUT2D eigenvalue weighted by molar-refractivity contribution is 14.1. The summed E-state index contributed by atoms with van der Waals surface area (Å²) in [4.78, 5) is 14.3. The maximum absolute atomic E-state index is 12.9. The third-order valence-electron chi connectivity index (χ3n) is 2.08. The molecule has 20 heavy (non-hydrogen) atoms. The van der Waals surface area contributed by atoms with Crippen molar-refractivity contribution < 1.29 is 36.2 Å². The molecule has 0 spiro atoms. The minimum atomic E-state index is -5.14. The van der Waals surface area contributed by atoms with Gasteiger partial charge < -0.3 is 9.47 Å². The molecule has 0 unspecified atom stereocenters. The van der Waals surface area contributed by atoms with Gasteiger partial charge in [0.15, 0.2) is 0 Å². The van der Waals surface area contributed by atoms with E-state index in [1.54, 1.807) is 0 Å². The SMILES string of the molecule is COC(=O)Cc1cnc(OC(F)(F)F)c(C(F)F)c1I. The topological polar surface area (TPSA) is 48.4 Å². The van der Waals surface area contributed by atoms with Gasteiger partial charge in [-0.3, -0.25) is 4.79 Å². The van der Waals surface area contributed by atoms with Crippen molar-refractivity contribution >= 4 is 28.6 Å². The standard InChI is InChI=1S/C10H7F5INO3/c1-19-5(18)2-4-3-17-9(20-10(13,14)15)6(7(4)16)8(11)12/h3,8H,2H2,1H3. The van der Waals surface area contributed by atoms with Crippen LogP contribution in [0.15, 0.2) is 6.20 Å². The summed E-state index contributed by atoms with van der Waals surface area (Å²) in [7, 11) is 1.10. The van der Waals surface area contributed by atoms with E-state index in [0.29, 0.717) is 0 Å². The Morgan fingerprint density at radius 2 is 2.05 bits per heavy atom. The highest BCUT2D eigenvalue weighted by atomic mass is 127. The molecular formula is C10H7F5INO3. The molecule has 1 aromatic heterocycles. The van der Waals surface area contributed by atoms with E-state index in [1.165, 1.54) is 22.6 Å². The first-order valence-corrected chi connectivity index (χ1v) is 6.01. The molecule has 0 aromatic carbocycles. The number of carbonyl (C=O) groups is 1. The van der Waals surface area contributed by atoms with E-state index in [9.17, 15) is 26.7 Å². The third-order valence-corrected chi connectivity index (χ3v) is 3.35. The fourth-order valence-corrected chi connectivity index (χ4v) is 2.06. The Balaban J connectivity index is 3.23. The van der Waals surface area contributed by atoms with E-state index in [4.69, 9.17) is 0 Å². The number of methoxy groups -OCH3 is 1. The minimum Gasteiger partial charge on any atom is -0.469 e. The van der Waals surface area contributed by atoms with Gasteiger partial charge in [-0.05, 0) is 28.2 Å². The highest BCUT2D eigenvalue weighted by Crippen LogP contribution is 2.36. The molecule has 0 radical (unpaired) electrons. The van der Waals surface area contributed by atoms with E-state index in [2.05, 4.69) is 14.5 Å². The van der Waals surface area contributed by atoms with Crippen LogP contribution in [0, 0.1) is 3.57 Å². The van der Waals surface area contributed by atoms with Gasteiger partial charge in [-0.1, -0.05) is 0 Å². The first kappa shape index (κ1) is 16.9. The molecule has 0 bridgehead atoms. The Morgan fingerprint density at radius 3 is 2.50 bits per heavy atom. The van der Waals surface area contributed by atoms with Crippen molar-refractivity contribution in [3.05, 3.63) is 20.9 Å². The number of esters is 1. The summed E-state index contributed by atoms with van der Waals surface area (Å²) in [5.74, 6) is -1.96. The van der Waals surface area contributed by atoms with Crippen molar-refractivity contribution in [2.24, 2.45) is 0 Å². The van der Waals surface area contributed by atoms with Crippen LogP contribution in [0.2, 0.25) is 0 Å². The fraction of sp³-hybridized carbons (Fsp3) is 0.400. The van der Waals surface area contributed by atoms with Crippen molar-refractivity contribution in [3.63, 3.8) is 0 Å². The predicted molar refractivity (Wildman–Crippen MR) is 64.3 cm³/mol. The summed E-state index contributed by atoms with van der Waals surface area (Å²) in [6.07, 6.45) is -7.88. The summed E-state index contributed by atoms with van der Waals surface area (Å²) < 4.78 is 69.6. The maximum Gasteiger partial charge on any atom is 0.574 e. The predicted octanol–water partition coefficient (Wildman–Crippen LogP) is 3.24. The molecule has 1 heterocycles. The monoisotopic (exact) mass is 411 g/mol. The molecule has 0 aliphatic carbocycles. The van der Waals surface area contributed by atoms with Gasteiger partial charge in [-0.2, -0.15) is 0 Å². The average molecular weight is 411 g/mol. The molecule has 1 aromatic rings. The molecule has 0 saturated carbocycles. The summed E-state index contributed by atoms with van der Waals surface area (Å²) in [6, 6.07) is 0. The number of nitrogens with zero attached hydrogens (tertiary/aromatic N) is 1. The van der Waals surface area contributed by atoms with Crippen molar-refractivity contribution in [2.75, 3.05) is 7.11 Å². The number of halogens is 6. The largest absolute Gasteiger partial charge is 0.574 e. The molecular weight excluding hydrogens is 404 g/mol. The van der Waals surface area contributed by atoms with Crippen LogP contribution >= 0.6 is 22.6 Å². The van der Waals surface area contributed by atoms with Gasteiger partial charge in [0.1, 0.15) is 0 Å². The number of ether oxygens (including phenoxy) is 2. The molecule has 112 valence electrons. The van der Waals surface area contributed by atoms with E-state index < -0.39 is 30.2 Å². The lowest BCUT2D eigenvalue weighted by atomic mass is 10.1. The van der Waals surface area contributed by atoms with Gasteiger partial charge in [0.25, 0.3) is 6.43 Å². The molecule has 1 rings (SSSR count). The van der Waals surface area contributed by atoms with E-state index in [-0.39, 0.29) is 15.6 Å². The number of rotatable bonds is 4. The van der Waals surface area contributed by atoms with Crippen molar-refractivity contribution in [2.45, 2.75) is 19.2 Å². The third kappa shape index (κ3) is 4.42. The fourth-order valence-electron chi connectivity index (χ4n) is 1.26. The zero-order chi connectivity index (χ0) is 15.5. The summed E-state index contributed by atoms with van der Waals surface area (Å²) in [5.41, 5.74) is -0.980. The first-order valence-electron chi connectivity index (χ1n) is 4.93. The van der Waals surface area contributed by atoms with Gasteiger partial charge in [-0.25, -0.2) is 13.8 Å². The molecule has 0 fully saturated rings. The van der Waals surface area contributed by atoms with Gasteiger partial charge in [-0.15, -0.1) is 13.2 Å². The van der Waals surface area contributed by atoms with Crippen molar-refractivity contribution in [1.29, 1.82) is 0 Å². The molecule has 0 amide bonds. The number of aromatic nitrogens is 1. The number of carbonyl (C=O) groups excluding carboxylic acids is 1. The second-order valence-corrected chi connectivity index (χ2v) is 4.50. The highest BCUT2D eigenvalue weighted by Gasteiger charge is 2.35. The number of hydrogen-bond donors (Lipinski definition) is 0. The zero-order valence-corrected chi connectivity index (χ0v) is 12.0. The Labute approximate surface area is 123 Å². The smallest absolute Gasteiger partial charge is 0.469 e. The van der Waals surface area contributed by atoms with Crippen molar-refractivity contribution in [3.8, 4) is 5.88 Å². The van der Waals surface area contributed by atoms with E-state index in [1.807, 2.05) is 0 Å². The Bertz CT molecular complexity index is 506. The molecule has 0 saturated heterocycles. The maximum atomic E-state index is 12.9. The van der Waals surface area contributed by atoms with Gasteiger partial charge >= 0.3 is 12.3 Å². The zero-order valence-electron chi connectivity index (χ0n) is 9.80. The van der Waals surface area contributed by atoms with E-state index >= 15 is 0 Å². The number of hydrogen-bond acceptors (Lipinski definition) is 4. The van der Waals surface area contributed by atoms with Gasteiger partial charge in [0, 0.05) is 9.77 Å². The van der Waals surface area contributed by atoms with Crippen molar-refractivity contribution in [1.82, 2.24) is 4.98 Å². The molecule has 0 aliphatic heterocycles. The quantitative estimate of drug-likeness (QED) is 0.434. The summed E-state index contributed by atoms with van der Waals surface area (Å²) in [6.45, 7) is 0. The Hall–Kier alpha value is -1.20. The second kappa shape index (κ2) is 6.50. The minimum absolute atomic E-state index is 0.0299. The molecule has 4 nitrogen and oxygen atoms in total. The second-order valence-electron chi connectivity index (χ2n) is 3.42. The lowest BCUT2D eigenvalue weighted by Crippen LogP contribution is -2.20. The van der Waals surface area contributed by atoms with Gasteiger partial charge in [0.2, 0.25) is 5.88 Å². The summed E-state index contributed by atoms with van der Waals surface area (Å²) >= 11 is 1.41. The lowest BCUT2D eigenvalue weighted by molar-refractivity contribution is -0.276. The first-order chi connectivity index (χ1) is 9.15. The molecule has 0 atom stereocenters. The van der Waals surface area contributed by atoms with Crippen LogP contribution in [0.5, 0.6) is 5.88 Å². The number of alkyl halides is 5. The molecule has 10 heteroatoms. The van der Waals surface area contributed by atoms with Crippen LogP contribution in [0.3, 0.4) is 0 Å². The Kier molecular flexibility index (Phi) is 5.48. The van der Waals surface area contributed by atoms with Crippen LogP contribution in [0.4, 0.5) is 22.0 Å². The van der Waals surface area contributed by atoms with Crippen LogP contribution < -0.4 is 4.74 Å². The van der Waals surface area contributed by atoms with E-state index in [0.717, 1.165) is 13.3 Å². The normalized spacial score (nSPS) is 11.6. The van der Waals surface area contributed by atoms with Gasteiger partial charge in [0.05, 0.1) is 19.1 Å². The van der Waals surface area contributed by atoms with Crippen LogP contribution in [-0.4, -0.2) is 24.4 Å².